The zero-order valence-electron chi connectivity index (χ0n) is 13.4. The maximum Gasteiger partial charge on any atom is 0.264 e. The van der Waals surface area contributed by atoms with Crippen LogP contribution in [0.5, 0.6) is 5.75 Å². The number of para-hydroxylation sites is 2. The lowest BCUT2D eigenvalue weighted by atomic mass is 9.90. The van der Waals surface area contributed by atoms with E-state index in [1.54, 1.807) is 24.3 Å². The van der Waals surface area contributed by atoms with Crippen LogP contribution in [0.3, 0.4) is 0 Å². The Labute approximate surface area is 140 Å². The highest BCUT2D eigenvalue weighted by Crippen LogP contribution is 2.42. The Hall–Kier alpha value is -2.66. The molecule has 1 aliphatic rings. The van der Waals surface area contributed by atoms with Gasteiger partial charge in [-0.3, -0.25) is 9.59 Å². The minimum Gasteiger partial charge on any atom is -0.492 e. The van der Waals surface area contributed by atoms with Gasteiger partial charge in [0.1, 0.15) is 18.1 Å². The third kappa shape index (κ3) is 2.90. The van der Waals surface area contributed by atoms with E-state index in [1.807, 2.05) is 30.3 Å². The van der Waals surface area contributed by atoms with Crippen molar-refractivity contribution in [1.29, 1.82) is 0 Å². The van der Waals surface area contributed by atoms with Crippen molar-refractivity contribution in [2.45, 2.75) is 18.9 Å². The second-order valence-corrected chi connectivity index (χ2v) is 5.87. The highest BCUT2D eigenvalue weighted by molar-refractivity contribution is 6.08. The first-order valence-electron chi connectivity index (χ1n) is 7.83. The van der Waals surface area contributed by atoms with Crippen LogP contribution in [0.25, 0.3) is 0 Å². The molecule has 5 heteroatoms. The molecule has 2 aromatic rings. The SMILES string of the molecule is CC(=O)C[C@@]1(O)C(=O)N(CCOc2ccccc2)c2ccccc21. The molecule has 2 aromatic carbocycles. The van der Waals surface area contributed by atoms with Gasteiger partial charge in [-0.15, -0.1) is 0 Å². The van der Waals surface area contributed by atoms with Gasteiger partial charge in [0.25, 0.3) is 5.91 Å². The van der Waals surface area contributed by atoms with Gasteiger partial charge >= 0.3 is 0 Å². The van der Waals surface area contributed by atoms with Crippen molar-refractivity contribution < 1.29 is 19.4 Å². The standard InChI is InChI=1S/C19H19NO4/c1-14(21)13-19(23)16-9-5-6-10-17(16)20(18(19)22)11-12-24-15-7-3-2-4-8-15/h2-10,23H,11-13H2,1H3/t19-/m0/s1. The monoisotopic (exact) mass is 325 g/mol. The molecule has 0 aromatic heterocycles. The molecule has 5 nitrogen and oxygen atoms in total. The first-order chi connectivity index (χ1) is 11.5. The van der Waals surface area contributed by atoms with E-state index in [1.165, 1.54) is 11.8 Å². The van der Waals surface area contributed by atoms with Gasteiger partial charge in [0.05, 0.1) is 12.2 Å². The number of hydrogen-bond acceptors (Lipinski definition) is 4. The summed E-state index contributed by atoms with van der Waals surface area (Å²) >= 11 is 0. The van der Waals surface area contributed by atoms with E-state index in [9.17, 15) is 14.7 Å². The maximum atomic E-state index is 12.7. The Balaban J connectivity index is 1.79. The van der Waals surface area contributed by atoms with E-state index in [-0.39, 0.29) is 12.2 Å². The van der Waals surface area contributed by atoms with E-state index in [0.29, 0.717) is 24.4 Å². The van der Waals surface area contributed by atoms with Crippen molar-refractivity contribution >= 4 is 17.4 Å². The van der Waals surface area contributed by atoms with Crippen LogP contribution < -0.4 is 9.64 Å². The molecule has 0 unspecified atom stereocenters. The van der Waals surface area contributed by atoms with Crippen molar-refractivity contribution in [2.75, 3.05) is 18.1 Å². The molecule has 0 radical (unpaired) electrons. The van der Waals surface area contributed by atoms with E-state index in [0.717, 1.165) is 5.75 Å². The van der Waals surface area contributed by atoms with Crippen molar-refractivity contribution in [3.05, 3.63) is 60.2 Å². The molecule has 1 heterocycles. The van der Waals surface area contributed by atoms with E-state index >= 15 is 0 Å². The number of benzene rings is 2. The summed E-state index contributed by atoms with van der Waals surface area (Å²) in [4.78, 5) is 25.7. The summed E-state index contributed by atoms with van der Waals surface area (Å²) in [5.41, 5.74) is -0.678. The van der Waals surface area contributed by atoms with Gasteiger partial charge in [-0.25, -0.2) is 0 Å². The number of carbonyl (C=O) groups excluding carboxylic acids is 2. The minimum atomic E-state index is -1.78. The number of ether oxygens (including phenoxy) is 1. The van der Waals surface area contributed by atoms with Gasteiger partial charge in [-0.1, -0.05) is 36.4 Å². The largest absolute Gasteiger partial charge is 0.492 e. The van der Waals surface area contributed by atoms with Crippen molar-refractivity contribution in [2.24, 2.45) is 0 Å². The molecule has 3 rings (SSSR count). The lowest BCUT2D eigenvalue weighted by molar-refractivity contribution is -0.141. The number of Topliss-reactive ketones (excluding diaryl/α,β-unsaturated/α-hetero) is 1. The fourth-order valence-electron chi connectivity index (χ4n) is 3.03. The van der Waals surface area contributed by atoms with Gasteiger partial charge in [0, 0.05) is 12.0 Å². The van der Waals surface area contributed by atoms with Crippen molar-refractivity contribution in [3.63, 3.8) is 0 Å². The molecule has 0 fully saturated rings. The third-order valence-electron chi connectivity index (χ3n) is 4.07. The quantitative estimate of drug-likeness (QED) is 0.885. The summed E-state index contributed by atoms with van der Waals surface area (Å²) < 4.78 is 5.64. The summed E-state index contributed by atoms with van der Waals surface area (Å²) in [7, 11) is 0. The molecule has 24 heavy (non-hydrogen) atoms. The highest BCUT2D eigenvalue weighted by Gasteiger charge is 2.50. The van der Waals surface area contributed by atoms with E-state index in [4.69, 9.17) is 4.74 Å². The molecule has 1 atom stereocenters. The number of anilines is 1. The first kappa shape index (κ1) is 16.2. The van der Waals surface area contributed by atoms with Crippen LogP contribution in [0.1, 0.15) is 18.9 Å². The molecule has 124 valence electrons. The van der Waals surface area contributed by atoms with Crippen LogP contribution in [0.2, 0.25) is 0 Å². The van der Waals surface area contributed by atoms with Crippen molar-refractivity contribution in [1.82, 2.24) is 0 Å². The maximum absolute atomic E-state index is 12.7. The number of aliphatic hydroxyl groups is 1. The van der Waals surface area contributed by atoms with Crippen LogP contribution in [0, 0.1) is 0 Å². The van der Waals surface area contributed by atoms with Gasteiger partial charge < -0.3 is 14.7 Å². The number of rotatable bonds is 6. The second kappa shape index (κ2) is 6.45. The van der Waals surface area contributed by atoms with Crippen LogP contribution in [-0.2, 0) is 15.2 Å². The molecule has 1 aliphatic heterocycles. The zero-order valence-corrected chi connectivity index (χ0v) is 13.4. The second-order valence-electron chi connectivity index (χ2n) is 5.87. The van der Waals surface area contributed by atoms with E-state index < -0.39 is 11.5 Å². The fraction of sp³-hybridized carbons (Fsp3) is 0.263. The Morgan fingerprint density at radius 3 is 2.50 bits per heavy atom. The Morgan fingerprint density at radius 2 is 1.79 bits per heavy atom. The summed E-state index contributed by atoms with van der Waals surface area (Å²) in [6.45, 7) is 1.96. The number of nitrogens with zero attached hydrogens (tertiary/aromatic N) is 1. The van der Waals surface area contributed by atoms with Crippen LogP contribution in [-0.4, -0.2) is 29.9 Å². The Morgan fingerprint density at radius 1 is 1.12 bits per heavy atom. The number of fused-ring (bicyclic) bond motifs is 1. The molecule has 0 aliphatic carbocycles. The molecule has 0 spiro atoms. The molecular formula is C19H19NO4. The highest BCUT2D eigenvalue weighted by atomic mass is 16.5. The van der Waals surface area contributed by atoms with Gasteiger partial charge in [-0.2, -0.15) is 0 Å². The molecule has 1 amide bonds. The number of amides is 1. The predicted octanol–water partition coefficient (Wildman–Crippen LogP) is 2.28. The first-order valence-corrected chi connectivity index (χ1v) is 7.83. The fourth-order valence-corrected chi connectivity index (χ4v) is 3.03. The summed E-state index contributed by atoms with van der Waals surface area (Å²) in [6, 6.07) is 16.3. The van der Waals surface area contributed by atoms with Crippen LogP contribution in [0.4, 0.5) is 5.69 Å². The van der Waals surface area contributed by atoms with Crippen LogP contribution >= 0.6 is 0 Å². The average Bonchev–Trinajstić information content (AvgIpc) is 2.77. The summed E-state index contributed by atoms with van der Waals surface area (Å²) in [6.07, 6.45) is -0.223. The zero-order chi connectivity index (χ0) is 17.2. The third-order valence-corrected chi connectivity index (χ3v) is 4.07. The average molecular weight is 325 g/mol. The normalized spacial score (nSPS) is 19.2. The predicted molar refractivity (Wildman–Crippen MR) is 89.9 cm³/mol. The molecule has 0 saturated carbocycles. The Kier molecular flexibility index (Phi) is 4.36. The van der Waals surface area contributed by atoms with Gasteiger partial charge in [0.2, 0.25) is 0 Å². The number of carbonyl (C=O) groups is 2. The van der Waals surface area contributed by atoms with Crippen LogP contribution in [0.15, 0.2) is 54.6 Å². The summed E-state index contributed by atoms with van der Waals surface area (Å²) in [5.74, 6) is 0.00929. The molecular weight excluding hydrogens is 306 g/mol. The lowest BCUT2D eigenvalue weighted by Gasteiger charge is -2.22. The summed E-state index contributed by atoms with van der Waals surface area (Å²) in [5, 5.41) is 10.8. The number of hydrogen-bond donors (Lipinski definition) is 1. The number of ketones is 1. The Bertz CT molecular complexity index is 759. The minimum absolute atomic E-state index is 0.223. The van der Waals surface area contributed by atoms with E-state index in [2.05, 4.69) is 0 Å². The lowest BCUT2D eigenvalue weighted by Crippen LogP contribution is -2.42. The molecule has 0 saturated heterocycles. The smallest absolute Gasteiger partial charge is 0.264 e. The van der Waals surface area contributed by atoms with Gasteiger partial charge in [0.15, 0.2) is 5.60 Å². The molecule has 0 bridgehead atoms. The van der Waals surface area contributed by atoms with Gasteiger partial charge in [-0.05, 0) is 25.1 Å². The van der Waals surface area contributed by atoms with Crippen molar-refractivity contribution in [3.8, 4) is 5.75 Å². The molecule has 1 N–H and O–H groups in total. The topological polar surface area (TPSA) is 66.8 Å².